The highest BCUT2D eigenvalue weighted by molar-refractivity contribution is 6.41. The molecule has 0 bridgehead atoms. The summed E-state index contributed by atoms with van der Waals surface area (Å²) in [5, 5.41) is 7.52. The SMILES string of the molecule is C=CC(=O)NC1CCCC1.CNc1ncc2cc(-c3c(Cl)c(OC)cc(OC)c3Cl)ccc2n1. The van der Waals surface area contributed by atoms with Gasteiger partial charge in [0.1, 0.15) is 11.5 Å². The third-order valence-electron chi connectivity index (χ3n) is 5.55. The maximum Gasteiger partial charge on any atom is 0.243 e. The molecule has 0 unspecified atom stereocenters. The van der Waals surface area contributed by atoms with Crippen molar-refractivity contribution in [1.29, 1.82) is 0 Å². The number of fused-ring (bicyclic) bond motifs is 1. The van der Waals surface area contributed by atoms with Gasteiger partial charge in [0.15, 0.2) is 0 Å². The van der Waals surface area contributed by atoms with E-state index in [9.17, 15) is 4.79 Å². The number of amides is 1. The number of nitrogens with one attached hydrogen (secondary N) is 2. The van der Waals surface area contributed by atoms with Crippen LogP contribution in [-0.2, 0) is 4.79 Å². The summed E-state index contributed by atoms with van der Waals surface area (Å²) in [7, 11) is 4.87. The minimum Gasteiger partial charge on any atom is -0.495 e. The summed E-state index contributed by atoms with van der Waals surface area (Å²) in [6.07, 6.45) is 7.86. The van der Waals surface area contributed by atoms with Crippen LogP contribution in [0.4, 0.5) is 5.95 Å². The minimum absolute atomic E-state index is 0.0353. The molecule has 1 fully saturated rings. The standard InChI is InChI=1S/C17H15Cl2N3O2.C8H13NO/c1-20-17-21-8-10-6-9(4-5-11(10)22-17)14-15(18)12(23-2)7-13(24-3)16(14)19;1-2-8(10)9-7-5-3-4-6-7/h4-8H,1-3H3,(H,20,21,22);2,7H,1,3-6H2,(H,9,10). The van der Waals surface area contributed by atoms with Crippen LogP contribution in [0.5, 0.6) is 11.5 Å². The number of carbonyl (C=O) groups excluding carboxylic acids is 1. The van der Waals surface area contributed by atoms with Crippen molar-refractivity contribution >= 4 is 46.0 Å². The Labute approximate surface area is 209 Å². The van der Waals surface area contributed by atoms with E-state index in [2.05, 4.69) is 27.2 Å². The molecule has 4 rings (SSSR count). The second kappa shape index (κ2) is 11.9. The summed E-state index contributed by atoms with van der Waals surface area (Å²) < 4.78 is 10.6. The minimum atomic E-state index is -0.0353. The number of aromatic nitrogens is 2. The molecule has 1 aliphatic carbocycles. The molecule has 1 saturated carbocycles. The van der Waals surface area contributed by atoms with Crippen molar-refractivity contribution in [2.45, 2.75) is 31.7 Å². The number of nitrogens with zero attached hydrogens (tertiary/aromatic N) is 2. The summed E-state index contributed by atoms with van der Waals surface area (Å²) in [5.41, 5.74) is 2.30. The van der Waals surface area contributed by atoms with Gasteiger partial charge in [0, 0.05) is 36.3 Å². The number of ether oxygens (including phenoxy) is 2. The molecular weight excluding hydrogens is 475 g/mol. The van der Waals surface area contributed by atoms with Crippen LogP contribution in [0.1, 0.15) is 25.7 Å². The summed E-state index contributed by atoms with van der Waals surface area (Å²) >= 11 is 12.9. The van der Waals surface area contributed by atoms with Crippen molar-refractivity contribution in [3.05, 3.63) is 53.2 Å². The Balaban J connectivity index is 0.000000271. The Hall–Kier alpha value is -3.03. The largest absolute Gasteiger partial charge is 0.495 e. The van der Waals surface area contributed by atoms with Gasteiger partial charge in [0.2, 0.25) is 11.9 Å². The van der Waals surface area contributed by atoms with Gasteiger partial charge in [-0.05, 0) is 36.6 Å². The molecule has 180 valence electrons. The number of methoxy groups -OCH3 is 2. The number of hydrogen-bond acceptors (Lipinski definition) is 6. The maximum atomic E-state index is 10.7. The van der Waals surface area contributed by atoms with E-state index >= 15 is 0 Å². The molecule has 1 aliphatic rings. The molecule has 2 aromatic carbocycles. The highest BCUT2D eigenvalue weighted by Crippen LogP contribution is 2.46. The molecule has 0 spiro atoms. The highest BCUT2D eigenvalue weighted by Gasteiger charge is 2.19. The molecule has 9 heteroatoms. The van der Waals surface area contributed by atoms with E-state index in [0.29, 0.717) is 39.1 Å². The number of carbonyl (C=O) groups is 1. The number of rotatable bonds is 6. The average molecular weight is 503 g/mol. The zero-order chi connectivity index (χ0) is 24.7. The number of anilines is 1. The quantitative estimate of drug-likeness (QED) is 0.408. The van der Waals surface area contributed by atoms with E-state index in [0.717, 1.165) is 29.3 Å². The zero-order valence-electron chi connectivity index (χ0n) is 19.5. The summed E-state index contributed by atoms with van der Waals surface area (Å²) in [5.74, 6) is 1.52. The molecular formula is C25H28Cl2N4O3. The van der Waals surface area contributed by atoms with Gasteiger partial charge in [0.05, 0.1) is 29.8 Å². The number of halogens is 2. The fourth-order valence-electron chi connectivity index (χ4n) is 3.78. The van der Waals surface area contributed by atoms with E-state index in [1.54, 1.807) is 33.5 Å². The van der Waals surface area contributed by atoms with Crippen molar-refractivity contribution < 1.29 is 14.3 Å². The summed E-state index contributed by atoms with van der Waals surface area (Å²) in [6.45, 7) is 3.39. The monoisotopic (exact) mass is 502 g/mol. The van der Waals surface area contributed by atoms with Gasteiger partial charge < -0.3 is 20.1 Å². The molecule has 7 nitrogen and oxygen atoms in total. The van der Waals surface area contributed by atoms with Crippen molar-refractivity contribution in [3.8, 4) is 22.6 Å². The molecule has 3 aromatic rings. The summed E-state index contributed by atoms with van der Waals surface area (Å²) in [6, 6.07) is 7.82. The fourth-order valence-corrected chi connectivity index (χ4v) is 4.50. The highest BCUT2D eigenvalue weighted by atomic mass is 35.5. The van der Waals surface area contributed by atoms with Gasteiger partial charge in [-0.2, -0.15) is 0 Å². The van der Waals surface area contributed by atoms with E-state index in [4.69, 9.17) is 32.7 Å². The first-order valence-electron chi connectivity index (χ1n) is 10.9. The first-order chi connectivity index (χ1) is 16.4. The van der Waals surface area contributed by atoms with Gasteiger partial charge in [-0.1, -0.05) is 48.7 Å². The Morgan fingerprint density at radius 3 is 2.32 bits per heavy atom. The predicted octanol–water partition coefficient (Wildman–Crippen LogP) is 5.89. The third kappa shape index (κ3) is 5.90. The van der Waals surface area contributed by atoms with E-state index in [1.165, 1.54) is 18.9 Å². The second-order valence-corrected chi connectivity index (χ2v) is 8.45. The lowest BCUT2D eigenvalue weighted by atomic mass is 10.0. The van der Waals surface area contributed by atoms with Crippen molar-refractivity contribution in [2.24, 2.45) is 0 Å². The fraction of sp³-hybridized carbons (Fsp3) is 0.320. The maximum absolute atomic E-state index is 10.7. The van der Waals surface area contributed by atoms with Crippen LogP contribution in [-0.4, -0.2) is 43.2 Å². The van der Waals surface area contributed by atoms with Crippen LogP contribution in [0.25, 0.3) is 22.0 Å². The van der Waals surface area contributed by atoms with Crippen molar-refractivity contribution in [1.82, 2.24) is 15.3 Å². The first-order valence-corrected chi connectivity index (χ1v) is 11.6. The topological polar surface area (TPSA) is 85.4 Å². The van der Waals surface area contributed by atoms with Crippen LogP contribution >= 0.6 is 23.2 Å². The molecule has 34 heavy (non-hydrogen) atoms. The normalized spacial score (nSPS) is 13.1. The number of hydrogen-bond donors (Lipinski definition) is 2. The van der Waals surface area contributed by atoms with Crippen LogP contribution in [0, 0.1) is 0 Å². The van der Waals surface area contributed by atoms with E-state index in [-0.39, 0.29) is 5.91 Å². The van der Waals surface area contributed by atoms with Crippen molar-refractivity contribution in [3.63, 3.8) is 0 Å². The van der Waals surface area contributed by atoms with Crippen LogP contribution in [0.3, 0.4) is 0 Å². The lowest BCUT2D eigenvalue weighted by Gasteiger charge is -2.15. The Kier molecular flexibility index (Phi) is 8.96. The van der Waals surface area contributed by atoms with Gasteiger partial charge in [-0.25, -0.2) is 9.97 Å². The average Bonchev–Trinajstić information content (AvgIpc) is 3.37. The molecule has 1 amide bonds. The smallest absolute Gasteiger partial charge is 0.243 e. The Morgan fingerprint density at radius 2 is 1.76 bits per heavy atom. The number of benzene rings is 2. The molecule has 1 heterocycles. The second-order valence-electron chi connectivity index (χ2n) is 7.70. The van der Waals surface area contributed by atoms with Crippen LogP contribution < -0.4 is 20.1 Å². The Bertz CT molecular complexity index is 1150. The molecule has 0 radical (unpaired) electrons. The van der Waals surface area contributed by atoms with E-state index < -0.39 is 0 Å². The van der Waals surface area contributed by atoms with Gasteiger partial charge in [-0.15, -0.1) is 0 Å². The molecule has 0 saturated heterocycles. The lowest BCUT2D eigenvalue weighted by molar-refractivity contribution is -0.117. The van der Waals surface area contributed by atoms with Crippen molar-refractivity contribution in [2.75, 3.05) is 26.6 Å². The lowest BCUT2D eigenvalue weighted by Crippen LogP contribution is -2.30. The van der Waals surface area contributed by atoms with Gasteiger partial charge in [-0.3, -0.25) is 4.79 Å². The zero-order valence-corrected chi connectivity index (χ0v) is 21.0. The van der Waals surface area contributed by atoms with Gasteiger partial charge in [0.25, 0.3) is 0 Å². The summed E-state index contributed by atoms with van der Waals surface area (Å²) in [4.78, 5) is 19.4. The first kappa shape index (κ1) is 25.6. The van der Waals surface area contributed by atoms with Crippen LogP contribution in [0.2, 0.25) is 10.0 Å². The molecule has 0 aliphatic heterocycles. The molecule has 0 atom stereocenters. The third-order valence-corrected chi connectivity index (χ3v) is 6.30. The predicted molar refractivity (Wildman–Crippen MR) is 138 cm³/mol. The van der Waals surface area contributed by atoms with Gasteiger partial charge >= 0.3 is 0 Å². The van der Waals surface area contributed by atoms with E-state index in [1.807, 2.05) is 18.2 Å². The van der Waals surface area contributed by atoms with Crippen LogP contribution in [0.15, 0.2) is 43.1 Å². The molecule has 2 N–H and O–H groups in total. The Morgan fingerprint density at radius 1 is 1.12 bits per heavy atom. The molecule has 1 aromatic heterocycles.